The maximum Gasteiger partial charge on any atom is 0.224 e. The van der Waals surface area contributed by atoms with E-state index in [1.54, 1.807) is 6.92 Å². The maximum absolute atomic E-state index is 12.2. The zero-order chi connectivity index (χ0) is 16.5. The lowest BCUT2D eigenvalue weighted by Crippen LogP contribution is -2.29. The Morgan fingerprint density at radius 2 is 1.71 bits per heavy atom. The van der Waals surface area contributed by atoms with Crippen molar-refractivity contribution >= 4 is 29.4 Å². The summed E-state index contributed by atoms with van der Waals surface area (Å²) < 4.78 is 0. The van der Waals surface area contributed by atoms with Crippen molar-refractivity contribution in [1.29, 1.82) is 0 Å². The molecule has 3 heteroatoms. The number of benzene rings is 2. The first-order valence-electron chi connectivity index (χ1n) is 8.65. The first-order chi connectivity index (χ1) is 11.7. The minimum atomic E-state index is 0.0762. The van der Waals surface area contributed by atoms with Gasteiger partial charge in [0, 0.05) is 25.7 Å². The molecule has 3 nitrogen and oxygen atoms in total. The molecule has 2 aromatic carbocycles. The Hall–Kier alpha value is -2.55. The molecule has 0 aliphatic carbocycles. The summed E-state index contributed by atoms with van der Waals surface area (Å²) in [5, 5.41) is 0. The first-order valence-corrected chi connectivity index (χ1v) is 8.65. The van der Waals surface area contributed by atoms with Gasteiger partial charge in [-0.2, -0.15) is 0 Å². The van der Waals surface area contributed by atoms with Crippen molar-refractivity contribution in [2.45, 2.75) is 26.3 Å². The van der Waals surface area contributed by atoms with E-state index < -0.39 is 0 Å². The predicted molar refractivity (Wildman–Crippen MR) is 100 cm³/mol. The molecular weight excluding hydrogens is 296 g/mol. The van der Waals surface area contributed by atoms with Gasteiger partial charge in [0.1, 0.15) is 0 Å². The second kappa shape index (κ2) is 6.16. The second-order valence-electron chi connectivity index (χ2n) is 6.57. The third kappa shape index (κ3) is 2.71. The first kappa shape index (κ1) is 15.0. The van der Waals surface area contributed by atoms with Crippen molar-refractivity contribution in [3.63, 3.8) is 0 Å². The molecule has 1 saturated heterocycles. The van der Waals surface area contributed by atoms with Crippen LogP contribution in [0.1, 0.15) is 36.5 Å². The van der Waals surface area contributed by atoms with Crippen LogP contribution in [0.25, 0.3) is 12.2 Å². The van der Waals surface area contributed by atoms with Crippen LogP contribution in [0.4, 0.5) is 11.4 Å². The van der Waals surface area contributed by atoms with E-state index in [-0.39, 0.29) is 5.91 Å². The highest BCUT2D eigenvalue weighted by molar-refractivity contribution is 5.95. The topological polar surface area (TPSA) is 23.6 Å². The molecule has 2 heterocycles. The van der Waals surface area contributed by atoms with Crippen LogP contribution >= 0.6 is 0 Å². The number of nitrogens with zero attached hydrogens (tertiary/aromatic N) is 2. The van der Waals surface area contributed by atoms with Gasteiger partial charge in [0.25, 0.3) is 0 Å². The number of fused-ring (bicyclic) bond motifs is 2. The fraction of sp³-hybridized carbons (Fsp3) is 0.286. The van der Waals surface area contributed by atoms with E-state index >= 15 is 0 Å². The molecule has 0 saturated carbocycles. The van der Waals surface area contributed by atoms with Crippen molar-refractivity contribution in [3.8, 4) is 0 Å². The number of para-hydroxylation sites is 1. The third-order valence-electron chi connectivity index (χ3n) is 4.98. The highest BCUT2D eigenvalue weighted by Crippen LogP contribution is 2.31. The molecule has 4 rings (SSSR count). The van der Waals surface area contributed by atoms with E-state index in [1.807, 2.05) is 23.1 Å². The summed E-state index contributed by atoms with van der Waals surface area (Å²) in [5.74, 6) is 0.0762. The van der Waals surface area contributed by atoms with Crippen LogP contribution in [0.3, 0.4) is 0 Å². The number of rotatable bonds is 1. The minimum absolute atomic E-state index is 0.0762. The average Bonchev–Trinajstić information content (AvgIpc) is 3.11. The Bertz CT molecular complexity index is 803. The van der Waals surface area contributed by atoms with E-state index in [0.717, 1.165) is 24.3 Å². The average molecular weight is 318 g/mol. The van der Waals surface area contributed by atoms with Gasteiger partial charge < -0.3 is 9.80 Å². The van der Waals surface area contributed by atoms with Gasteiger partial charge in [-0.3, -0.25) is 4.79 Å². The van der Waals surface area contributed by atoms with Gasteiger partial charge in [0.15, 0.2) is 0 Å². The van der Waals surface area contributed by atoms with Gasteiger partial charge in [-0.1, -0.05) is 36.4 Å². The van der Waals surface area contributed by atoms with Gasteiger partial charge in [0.05, 0.1) is 12.2 Å². The Morgan fingerprint density at radius 3 is 2.50 bits per heavy atom. The van der Waals surface area contributed by atoms with Gasteiger partial charge in [-0.05, 0) is 47.7 Å². The number of hydrogen-bond donors (Lipinski definition) is 0. The summed E-state index contributed by atoms with van der Waals surface area (Å²) in [7, 11) is 0. The van der Waals surface area contributed by atoms with Gasteiger partial charge in [-0.25, -0.2) is 0 Å². The molecule has 0 bridgehead atoms. The summed E-state index contributed by atoms with van der Waals surface area (Å²) in [6.07, 6.45) is 6.86. The van der Waals surface area contributed by atoms with Gasteiger partial charge in [-0.15, -0.1) is 0 Å². The van der Waals surface area contributed by atoms with Crippen LogP contribution < -0.4 is 9.80 Å². The summed E-state index contributed by atoms with van der Waals surface area (Å²) in [6, 6.07) is 14.7. The van der Waals surface area contributed by atoms with E-state index in [0.29, 0.717) is 6.54 Å². The highest BCUT2D eigenvalue weighted by atomic mass is 16.2. The van der Waals surface area contributed by atoms with Crippen LogP contribution in [-0.4, -0.2) is 19.0 Å². The molecule has 122 valence electrons. The van der Waals surface area contributed by atoms with E-state index in [4.69, 9.17) is 0 Å². The standard InChI is InChI=1S/C21H22N2O/c1-16(24)23-15-19-10-11-20(22-12-4-5-13-22)14-18(19)9-8-17-6-2-3-7-21(17)23/h2-3,6-11,14H,4-5,12-13,15H2,1H3/b9-8-. The SMILES string of the molecule is CC(=O)N1Cc2ccc(N3CCCC3)cc2/C=C\c2ccccc21. The Morgan fingerprint density at radius 1 is 0.958 bits per heavy atom. The Balaban J connectivity index is 1.78. The summed E-state index contributed by atoms with van der Waals surface area (Å²) >= 11 is 0. The van der Waals surface area contributed by atoms with E-state index in [2.05, 4.69) is 41.3 Å². The lowest BCUT2D eigenvalue weighted by Gasteiger charge is -2.27. The molecule has 0 spiro atoms. The number of amides is 1. The van der Waals surface area contributed by atoms with Crippen molar-refractivity contribution in [1.82, 2.24) is 0 Å². The van der Waals surface area contributed by atoms with Gasteiger partial charge >= 0.3 is 0 Å². The molecule has 24 heavy (non-hydrogen) atoms. The highest BCUT2D eigenvalue weighted by Gasteiger charge is 2.19. The quantitative estimate of drug-likeness (QED) is 0.781. The van der Waals surface area contributed by atoms with Gasteiger partial charge in [0.2, 0.25) is 5.91 Å². The molecule has 0 N–H and O–H groups in total. The van der Waals surface area contributed by atoms with Crippen molar-refractivity contribution in [2.24, 2.45) is 0 Å². The summed E-state index contributed by atoms with van der Waals surface area (Å²) in [4.78, 5) is 16.5. The lowest BCUT2D eigenvalue weighted by molar-refractivity contribution is -0.116. The number of carbonyl (C=O) groups is 1. The van der Waals surface area contributed by atoms with Crippen LogP contribution in [0.5, 0.6) is 0 Å². The molecular formula is C21H22N2O. The maximum atomic E-state index is 12.2. The molecule has 0 atom stereocenters. The monoisotopic (exact) mass is 318 g/mol. The zero-order valence-corrected chi connectivity index (χ0v) is 14.0. The van der Waals surface area contributed by atoms with Crippen molar-refractivity contribution in [3.05, 3.63) is 59.2 Å². The van der Waals surface area contributed by atoms with Crippen LogP contribution in [0.2, 0.25) is 0 Å². The van der Waals surface area contributed by atoms with Crippen LogP contribution in [0, 0.1) is 0 Å². The molecule has 0 aromatic heterocycles. The van der Waals surface area contributed by atoms with Crippen LogP contribution in [-0.2, 0) is 11.3 Å². The molecule has 1 fully saturated rings. The normalized spacial score (nSPS) is 17.7. The smallest absolute Gasteiger partial charge is 0.224 e. The number of anilines is 2. The lowest BCUT2D eigenvalue weighted by atomic mass is 10.00. The summed E-state index contributed by atoms with van der Waals surface area (Å²) in [5.41, 5.74) is 5.76. The summed E-state index contributed by atoms with van der Waals surface area (Å²) in [6.45, 7) is 4.54. The van der Waals surface area contributed by atoms with Crippen molar-refractivity contribution in [2.75, 3.05) is 22.9 Å². The second-order valence-corrected chi connectivity index (χ2v) is 6.57. The molecule has 2 aromatic rings. The Labute approximate surface area is 143 Å². The minimum Gasteiger partial charge on any atom is -0.372 e. The molecule has 0 radical (unpaired) electrons. The predicted octanol–water partition coefficient (Wildman–Crippen LogP) is 4.32. The largest absolute Gasteiger partial charge is 0.372 e. The Kier molecular flexibility index (Phi) is 3.85. The molecule has 0 unspecified atom stereocenters. The number of hydrogen-bond acceptors (Lipinski definition) is 2. The zero-order valence-electron chi connectivity index (χ0n) is 14.0. The molecule has 2 aliphatic rings. The third-order valence-corrected chi connectivity index (χ3v) is 4.98. The van der Waals surface area contributed by atoms with Crippen LogP contribution in [0.15, 0.2) is 42.5 Å². The molecule has 1 amide bonds. The van der Waals surface area contributed by atoms with Crippen molar-refractivity contribution < 1.29 is 4.79 Å². The molecule has 2 aliphatic heterocycles. The fourth-order valence-corrected chi connectivity index (χ4v) is 3.64. The van der Waals surface area contributed by atoms with E-state index in [1.165, 1.54) is 29.7 Å². The number of carbonyl (C=O) groups excluding carboxylic acids is 1. The fourth-order valence-electron chi connectivity index (χ4n) is 3.64. The van der Waals surface area contributed by atoms with E-state index in [9.17, 15) is 4.79 Å².